The molecule has 0 unspecified atom stereocenters. The third-order valence-corrected chi connectivity index (χ3v) is 5.75. The van der Waals surface area contributed by atoms with E-state index in [1.54, 1.807) is 12.1 Å². The largest absolute Gasteiger partial charge is 0.410 e. The zero-order valence-electron chi connectivity index (χ0n) is 12.1. The first-order chi connectivity index (χ1) is 11.7. The number of aromatic nitrogens is 2. The summed E-state index contributed by atoms with van der Waals surface area (Å²) in [6.07, 6.45) is 0. The zero-order chi connectivity index (χ0) is 16.5. The van der Waals surface area contributed by atoms with Gasteiger partial charge < -0.3 is 4.42 Å². The van der Waals surface area contributed by atoms with Crippen LogP contribution in [0.2, 0.25) is 5.02 Å². The molecule has 4 nitrogen and oxygen atoms in total. The molecule has 2 aromatic heterocycles. The first kappa shape index (κ1) is 15.4. The molecule has 24 heavy (non-hydrogen) atoms. The van der Waals surface area contributed by atoms with E-state index in [4.69, 9.17) is 16.0 Å². The molecule has 2 aromatic carbocycles. The predicted octanol–water partition coefficient (Wildman–Crippen LogP) is 5.54. The van der Waals surface area contributed by atoms with Gasteiger partial charge >= 0.3 is 0 Å². The van der Waals surface area contributed by atoms with E-state index in [2.05, 4.69) is 10.2 Å². The zero-order valence-corrected chi connectivity index (χ0v) is 14.5. The van der Waals surface area contributed by atoms with E-state index in [-0.39, 0.29) is 10.3 Å². The molecule has 0 saturated heterocycles. The standard InChI is InChI=1S/C17H9ClN2O2S2/c18-13-11-8-4-5-9-12(11)23-14(13)15-19-20-17(22-15)24-16(21)10-6-2-1-3-7-10/h1-9H. The maximum absolute atomic E-state index is 12.2. The number of carbonyl (C=O) groups excluding carboxylic acids is 1. The summed E-state index contributed by atoms with van der Waals surface area (Å²) in [6, 6.07) is 16.8. The van der Waals surface area contributed by atoms with E-state index >= 15 is 0 Å². The Hall–Kier alpha value is -2.15. The van der Waals surface area contributed by atoms with Crippen molar-refractivity contribution in [3.8, 4) is 10.8 Å². The molecular formula is C17H9ClN2O2S2. The lowest BCUT2D eigenvalue weighted by atomic mass is 10.2. The molecule has 4 aromatic rings. The maximum atomic E-state index is 12.2. The predicted molar refractivity (Wildman–Crippen MR) is 96.8 cm³/mol. The normalized spacial score (nSPS) is 11.0. The third kappa shape index (κ3) is 2.84. The van der Waals surface area contributed by atoms with Gasteiger partial charge in [0.2, 0.25) is 5.12 Å². The molecular weight excluding hydrogens is 364 g/mol. The highest BCUT2D eigenvalue weighted by Gasteiger charge is 2.19. The molecule has 4 rings (SSSR count). The van der Waals surface area contributed by atoms with Gasteiger partial charge in [-0.15, -0.1) is 21.5 Å². The summed E-state index contributed by atoms with van der Waals surface area (Å²) in [4.78, 5) is 12.9. The molecule has 0 aliphatic rings. The highest BCUT2D eigenvalue weighted by molar-refractivity contribution is 8.14. The second-order valence-electron chi connectivity index (χ2n) is 4.87. The quantitative estimate of drug-likeness (QED) is 0.442. The summed E-state index contributed by atoms with van der Waals surface area (Å²) >= 11 is 8.80. The van der Waals surface area contributed by atoms with Crippen LogP contribution in [0.25, 0.3) is 20.9 Å². The molecule has 0 radical (unpaired) electrons. The van der Waals surface area contributed by atoms with Crippen LogP contribution in [0.5, 0.6) is 0 Å². The van der Waals surface area contributed by atoms with Crippen molar-refractivity contribution in [2.24, 2.45) is 0 Å². The number of thioether (sulfide) groups is 1. The van der Waals surface area contributed by atoms with Crippen molar-refractivity contribution in [3.05, 3.63) is 65.2 Å². The van der Waals surface area contributed by atoms with Crippen LogP contribution in [0.1, 0.15) is 10.4 Å². The van der Waals surface area contributed by atoms with E-state index < -0.39 is 0 Å². The summed E-state index contributed by atoms with van der Waals surface area (Å²) in [5.74, 6) is 0.324. The Bertz CT molecular complexity index is 1030. The van der Waals surface area contributed by atoms with Crippen molar-refractivity contribution in [3.63, 3.8) is 0 Å². The van der Waals surface area contributed by atoms with Crippen molar-refractivity contribution >= 4 is 49.9 Å². The van der Waals surface area contributed by atoms with Gasteiger partial charge in [-0.25, -0.2) is 0 Å². The molecule has 0 bridgehead atoms. The minimum Gasteiger partial charge on any atom is -0.410 e. The van der Waals surface area contributed by atoms with Crippen LogP contribution in [0.4, 0.5) is 0 Å². The van der Waals surface area contributed by atoms with E-state index in [1.807, 2.05) is 42.5 Å². The summed E-state index contributed by atoms with van der Waals surface area (Å²) in [6.45, 7) is 0. The number of carbonyl (C=O) groups is 1. The highest BCUT2D eigenvalue weighted by Crippen LogP contribution is 2.41. The maximum Gasteiger partial charge on any atom is 0.284 e. The van der Waals surface area contributed by atoms with Gasteiger partial charge in [0, 0.05) is 27.4 Å². The summed E-state index contributed by atoms with van der Waals surface area (Å²) in [7, 11) is 0. The number of hydrogen-bond acceptors (Lipinski definition) is 6. The Morgan fingerprint density at radius 1 is 1.04 bits per heavy atom. The fraction of sp³-hybridized carbons (Fsp3) is 0. The van der Waals surface area contributed by atoms with Crippen molar-refractivity contribution in [2.75, 3.05) is 0 Å². The van der Waals surface area contributed by atoms with Crippen LogP contribution in [0, 0.1) is 0 Å². The number of benzene rings is 2. The molecule has 0 fully saturated rings. The summed E-state index contributed by atoms with van der Waals surface area (Å²) < 4.78 is 6.66. The molecule has 0 atom stereocenters. The number of halogens is 1. The molecule has 0 aliphatic carbocycles. The fourth-order valence-corrected chi connectivity index (χ4v) is 4.25. The van der Waals surface area contributed by atoms with Gasteiger partial charge in [-0.1, -0.05) is 60.1 Å². The second kappa shape index (κ2) is 6.39. The van der Waals surface area contributed by atoms with Crippen molar-refractivity contribution in [1.82, 2.24) is 10.2 Å². The fourth-order valence-electron chi connectivity index (χ4n) is 2.21. The minimum absolute atomic E-state index is 0.145. The number of hydrogen-bond donors (Lipinski definition) is 0. The van der Waals surface area contributed by atoms with Gasteiger partial charge in [0.1, 0.15) is 4.88 Å². The van der Waals surface area contributed by atoms with Gasteiger partial charge in [-0.05, 0) is 6.07 Å². The summed E-state index contributed by atoms with van der Waals surface area (Å²) in [5.41, 5.74) is 0.585. The molecule has 2 heterocycles. The summed E-state index contributed by atoms with van der Waals surface area (Å²) in [5, 5.41) is 9.56. The Morgan fingerprint density at radius 3 is 2.58 bits per heavy atom. The third-order valence-electron chi connectivity index (χ3n) is 3.33. The number of nitrogens with zero attached hydrogens (tertiary/aromatic N) is 2. The van der Waals surface area contributed by atoms with Gasteiger partial charge in [0.05, 0.1) is 5.02 Å². The minimum atomic E-state index is -0.145. The Morgan fingerprint density at radius 2 is 1.79 bits per heavy atom. The second-order valence-corrected chi connectivity index (χ2v) is 7.22. The van der Waals surface area contributed by atoms with Crippen LogP contribution in [0.3, 0.4) is 0 Å². The van der Waals surface area contributed by atoms with Crippen LogP contribution in [0.15, 0.2) is 64.2 Å². The van der Waals surface area contributed by atoms with E-state index in [0.717, 1.165) is 21.8 Å². The van der Waals surface area contributed by atoms with Crippen LogP contribution in [-0.2, 0) is 0 Å². The molecule has 0 spiro atoms. The smallest absolute Gasteiger partial charge is 0.284 e. The van der Waals surface area contributed by atoms with Crippen LogP contribution < -0.4 is 0 Å². The molecule has 0 amide bonds. The van der Waals surface area contributed by atoms with E-state index in [1.165, 1.54) is 11.3 Å². The Kier molecular flexibility index (Phi) is 4.10. The average molecular weight is 373 g/mol. The Labute approximate surface area is 150 Å². The van der Waals surface area contributed by atoms with Gasteiger partial charge in [-0.2, -0.15) is 0 Å². The van der Waals surface area contributed by atoms with Crippen molar-refractivity contribution in [2.45, 2.75) is 5.22 Å². The van der Waals surface area contributed by atoms with E-state index in [0.29, 0.717) is 21.4 Å². The molecule has 118 valence electrons. The van der Waals surface area contributed by atoms with Crippen molar-refractivity contribution < 1.29 is 9.21 Å². The Balaban J connectivity index is 1.62. The van der Waals surface area contributed by atoms with Gasteiger partial charge in [0.15, 0.2) is 0 Å². The molecule has 0 aliphatic heterocycles. The van der Waals surface area contributed by atoms with Crippen LogP contribution >= 0.6 is 34.7 Å². The topological polar surface area (TPSA) is 56.0 Å². The molecule has 0 saturated carbocycles. The number of rotatable bonds is 3. The first-order valence-corrected chi connectivity index (χ1v) is 9.01. The van der Waals surface area contributed by atoms with Gasteiger partial charge in [-0.3, -0.25) is 4.79 Å². The number of fused-ring (bicyclic) bond motifs is 1. The van der Waals surface area contributed by atoms with Gasteiger partial charge in [0.25, 0.3) is 11.1 Å². The molecule has 7 heteroatoms. The van der Waals surface area contributed by atoms with Crippen LogP contribution in [-0.4, -0.2) is 15.3 Å². The highest BCUT2D eigenvalue weighted by atomic mass is 35.5. The average Bonchev–Trinajstić information content (AvgIpc) is 3.21. The lowest BCUT2D eigenvalue weighted by molar-refractivity contribution is 0.108. The SMILES string of the molecule is O=C(Sc1nnc(-c2sc3ccccc3c2Cl)o1)c1ccccc1. The monoisotopic (exact) mass is 372 g/mol. The number of thiophene rings is 1. The van der Waals surface area contributed by atoms with Crippen molar-refractivity contribution in [1.29, 1.82) is 0 Å². The lowest BCUT2D eigenvalue weighted by Crippen LogP contribution is -1.92. The first-order valence-electron chi connectivity index (χ1n) is 7.00. The lowest BCUT2D eigenvalue weighted by Gasteiger charge is -1.95. The van der Waals surface area contributed by atoms with E-state index in [9.17, 15) is 4.79 Å². The molecule has 0 N–H and O–H groups in total.